The third-order valence-electron chi connectivity index (χ3n) is 3.26. The van der Waals surface area contributed by atoms with Crippen LogP contribution in [0.15, 0.2) is 65.4 Å². The van der Waals surface area contributed by atoms with Crippen LogP contribution in [0.25, 0.3) is 0 Å². The van der Waals surface area contributed by atoms with Crippen LogP contribution in [0.4, 0.5) is 10.1 Å². The number of anilines is 1. The average molecular weight is 374 g/mol. The highest BCUT2D eigenvalue weighted by Gasteiger charge is 2.06. The Kier molecular flexibility index (Phi) is 4.52. The maximum Gasteiger partial charge on any atom is 0.255 e. The predicted octanol–water partition coefficient (Wildman–Crippen LogP) is 4.09. The summed E-state index contributed by atoms with van der Waals surface area (Å²) < 4.78 is 15.6. The normalized spacial score (nSPS) is 10.5. The van der Waals surface area contributed by atoms with Crippen LogP contribution in [-0.4, -0.2) is 15.7 Å². The number of halogens is 2. The Morgan fingerprint density at radius 1 is 1.13 bits per heavy atom. The van der Waals surface area contributed by atoms with Gasteiger partial charge in [-0.25, -0.2) is 4.39 Å². The van der Waals surface area contributed by atoms with Gasteiger partial charge in [-0.05, 0) is 57.9 Å². The summed E-state index contributed by atoms with van der Waals surface area (Å²) >= 11 is 3.35. The lowest BCUT2D eigenvalue weighted by atomic mass is 10.1. The Morgan fingerprint density at radius 2 is 1.83 bits per heavy atom. The zero-order valence-corrected chi connectivity index (χ0v) is 13.6. The third kappa shape index (κ3) is 4.04. The van der Waals surface area contributed by atoms with Crippen LogP contribution < -0.4 is 5.32 Å². The van der Waals surface area contributed by atoms with Gasteiger partial charge in [-0.15, -0.1) is 0 Å². The van der Waals surface area contributed by atoms with E-state index < -0.39 is 0 Å². The van der Waals surface area contributed by atoms with E-state index in [2.05, 4.69) is 26.3 Å². The predicted molar refractivity (Wildman–Crippen MR) is 89.8 cm³/mol. The summed E-state index contributed by atoms with van der Waals surface area (Å²) in [6.07, 6.45) is 3.61. The smallest absolute Gasteiger partial charge is 0.255 e. The highest BCUT2D eigenvalue weighted by atomic mass is 79.9. The summed E-state index contributed by atoms with van der Waals surface area (Å²) in [7, 11) is 0. The summed E-state index contributed by atoms with van der Waals surface area (Å²) in [5, 5.41) is 6.92. The molecule has 0 unspecified atom stereocenters. The minimum absolute atomic E-state index is 0.231. The molecule has 1 N–H and O–H groups in total. The maximum atomic E-state index is 12.8. The second-order valence-electron chi connectivity index (χ2n) is 5.01. The van der Waals surface area contributed by atoms with Crippen molar-refractivity contribution in [2.45, 2.75) is 6.54 Å². The molecule has 6 heteroatoms. The second kappa shape index (κ2) is 6.75. The maximum absolute atomic E-state index is 12.8. The molecule has 4 nitrogen and oxygen atoms in total. The summed E-state index contributed by atoms with van der Waals surface area (Å²) in [5.41, 5.74) is 2.14. The molecule has 2 aromatic carbocycles. The van der Waals surface area contributed by atoms with Crippen molar-refractivity contribution in [1.29, 1.82) is 0 Å². The van der Waals surface area contributed by atoms with E-state index >= 15 is 0 Å². The van der Waals surface area contributed by atoms with Crippen molar-refractivity contribution in [3.8, 4) is 0 Å². The molecule has 1 aromatic heterocycles. The standard InChI is InChI=1S/C17H13BrFN3O/c18-14-9-20-22(11-14)10-12-1-3-13(4-2-12)17(23)21-16-7-5-15(19)6-8-16/h1-9,11H,10H2,(H,21,23). The van der Waals surface area contributed by atoms with Crippen molar-refractivity contribution in [1.82, 2.24) is 9.78 Å². The Labute approximate surface area is 141 Å². The molecule has 116 valence electrons. The van der Waals surface area contributed by atoms with Crippen molar-refractivity contribution in [2.75, 3.05) is 5.32 Å². The van der Waals surface area contributed by atoms with E-state index in [-0.39, 0.29) is 11.7 Å². The monoisotopic (exact) mass is 373 g/mol. The topological polar surface area (TPSA) is 46.9 Å². The lowest BCUT2D eigenvalue weighted by Gasteiger charge is -2.06. The van der Waals surface area contributed by atoms with Gasteiger partial charge in [-0.2, -0.15) is 5.10 Å². The summed E-state index contributed by atoms with van der Waals surface area (Å²) in [6.45, 7) is 0.630. The minimum atomic E-state index is -0.336. The number of aromatic nitrogens is 2. The first-order chi connectivity index (χ1) is 11.1. The number of nitrogens with one attached hydrogen (secondary N) is 1. The number of carbonyl (C=O) groups excluding carboxylic acids is 1. The lowest BCUT2D eigenvalue weighted by molar-refractivity contribution is 0.102. The number of nitrogens with zero attached hydrogens (tertiary/aromatic N) is 2. The quantitative estimate of drug-likeness (QED) is 0.748. The summed E-state index contributed by atoms with van der Waals surface area (Å²) in [5.74, 6) is -0.567. The Bertz CT molecular complexity index is 813. The first kappa shape index (κ1) is 15.4. The number of rotatable bonds is 4. The molecule has 0 bridgehead atoms. The van der Waals surface area contributed by atoms with E-state index in [0.29, 0.717) is 17.8 Å². The molecule has 0 saturated heterocycles. The summed E-state index contributed by atoms with van der Waals surface area (Å²) in [6, 6.07) is 12.9. The van der Waals surface area contributed by atoms with Crippen LogP contribution in [0.5, 0.6) is 0 Å². The third-order valence-corrected chi connectivity index (χ3v) is 3.67. The fourth-order valence-corrected chi connectivity index (χ4v) is 2.44. The summed E-state index contributed by atoms with van der Waals surface area (Å²) in [4.78, 5) is 12.1. The average Bonchev–Trinajstić information content (AvgIpc) is 2.95. The Morgan fingerprint density at radius 3 is 2.43 bits per heavy atom. The van der Waals surface area contributed by atoms with Gasteiger partial charge in [-0.3, -0.25) is 9.48 Å². The molecule has 3 aromatic rings. The van der Waals surface area contributed by atoms with Crippen LogP contribution in [0.1, 0.15) is 15.9 Å². The minimum Gasteiger partial charge on any atom is -0.322 e. The van der Waals surface area contributed by atoms with Gasteiger partial charge in [0.25, 0.3) is 5.91 Å². The number of hydrogen-bond donors (Lipinski definition) is 1. The number of amides is 1. The fraction of sp³-hybridized carbons (Fsp3) is 0.0588. The molecule has 0 spiro atoms. The Balaban J connectivity index is 1.66. The van der Waals surface area contributed by atoms with E-state index in [0.717, 1.165) is 10.0 Å². The highest BCUT2D eigenvalue weighted by Crippen LogP contribution is 2.13. The van der Waals surface area contributed by atoms with E-state index in [9.17, 15) is 9.18 Å². The molecule has 1 amide bonds. The van der Waals surface area contributed by atoms with E-state index in [4.69, 9.17) is 0 Å². The van der Waals surface area contributed by atoms with E-state index in [1.165, 1.54) is 24.3 Å². The fourth-order valence-electron chi connectivity index (χ4n) is 2.11. The largest absolute Gasteiger partial charge is 0.322 e. The molecular weight excluding hydrogens is 361 g/mol. The molecule has 3 rings (SSSR count). The molecule has 0 aliphatic heterocycles. The van der Waals surface area contributed by atoms with Crippen molar-refractivity contribution in [3.05, 3.63) is 82.3 Å². The van der Waals surface area contributed by atoms with Gasteiger partial charge in [-0.1, -0.05) is 12.1 Å². The van der Waals surface area contributed by atoms with Crippen LogP contribution in [0.3, 0.4) is 0 Å². The molecule has 0 fully saturated rings. The van der Waals surface area contributed by atoms with Crippen LogP contribution in [0, 0.1) is 5.82 Å². The van der Waals surface area contributed by atoms with Gasteiger partial charge >= 0.3 is 0 Å². The zero-order chi connectivity index (χ0) is 16.2. The number of carbonyl (C=O) groups is 1. The number of benzene rings is 2. The van der Waals surface area contributed by atoms with Crippen molar-refractivity contribution < 1.29 is 9.18 Å². The molecule has 1 heterocycles. The van der Waals surface area contributed by atoms with Gasteiger partial charge in [0, 0.05) is 17.4 Å². The molecule has 0 radical (unpaired) electrons. The molecular formula is C17H13BrFN3O. The van der Waals surface area contributed by atoms with Crippen molar-refractivity contribution in [2.24, 2.45) is 0 Å². The van der Waals surface area contributed by atoms with Gasteiger partial charge in [0.15, 0.2) is 0 Å². The van der Waals surface area contributed by atoms with Crippen LogP contribution in [-0.2, 0) is 6.54 Å². The molecule has 0 aliphatic rings. The second-order valence-corrected chi connectivity index (χ2v) is 5.93. The zero-order valence-electron chi connectivity index (χ0n) is 12.0. The van der Waals surface area contributed by atoms with Gasteiger partial charge in [0.2, 0.25) is 0 Å². The SMILES string of the molecule is O=C(Nc1ccc(F)cc1)c1ccc(Cn2cc(Br)cn2)cc1. The first-order valence-electron chi connectivity index (χ1n) is 6.94. The first-order valence-corrected chi connectivity index (χ1v) is 7.73. The Hall–Kier alpha value is -2.47. The molecule has 0 atom stereocenters. The van der Waals surface area contributed by atoms with Gasteiger partial charge in [0.05, 0.1) is 17.2 Å². The van der Waals surface area contributed by atoms with E-state index in [1.54, 1.807) is 23.0 Å². The lowest BCUT2D eigenvalue weighted by Crippen LogP contribution is -2.12. The molecule has 23 heavy (non-hydrogen) atoms. The van der Waals surface area contributed by atoms with Crippen LogP contribution >= 0.6 is 15.9 Å². The number of hydrogen-bond acceptors (Lipinski definition) is 2. The van der Waals surface area contributed by atoms with Gasteiger partial charge in [0.1, 0.15) is 5.82 Å². The molecule has 0 aliphatic carbocycles. The van der Waals surface area contributed by atoms with Crippen molar-refractivity contribution >= 4 is 27.5 Å². The highest BCUT2D eigenvalue weighted by molar-refractivity contribution is 9.10. The van der Waals surface area contributed by atoms with Crippen LogP contribution in [0.2, 0.25) is 0 Å². The molecule has 0 saturated carbocycles. The van der Waals surface area contributed by atoms with E-state index in [1.807, 2.05) is 18.3 Å². The van der Waals surface area contributed by atoms with Gasteiger partial charge < -0.3 is 5.32 Å². The van der Waals surface area contributed by atoms with Crippen molar-refractivity contribution in [3.63, 3.8) is 0 Å².